The third kappa shape index (κ3) is 1.62. The van der Waals surface area contributed by atoms with Gasteiger partial charge < -0.3 is 4.98 Å². The van der Waals surface area contributed by atoms with E-state index in [1.54, 1.807) is 12.3 Å². The van der Waals surface area contributed by atoms with Gasteiger partial charge in [0, 0.05) is 12.4 Å². The van der Waals surface area contributed by atoms with E-state index in [2.05, 4.69) is 9.97 Å². The third-order valence-corrected chi connectivity index (χ3v) is 2.57. The Bertz CT molecular complexity index is 599. The van der Waals surface area contributed by atoms with E-state index in [1.807, 2.05) is 13.8 Å². The number of fused-ring (bicyclic) bond motifs is 1. The minimum absolute atomic E-state index is 0.134. The van der Waals surface area contributed by atoms with Gasteiger partial charge in [0.15, 0.2) is 6.29 Å². The zero-order valence-corrected chi connectivity index (χ0v) is 9.15. The van der Waals surface area contributed by atoms with Gasteiger partial charge in [-0.2, -0.15) is 0 Å². The van der Waals surface area contributed by atoms with Crippen LogP contribution in [0.4, 0.5) is 0 Å². The van der Waals surface area contributed by atoms with E-state index < -0.39 is 0 Å². The summed E-state index contributed by atoms with van der Waals surface area (Å²) in [4.78, 5) is 29.5. The molecule has 2 aromatic rings. The van der Waals surface area contributed by atoms with Crippen molar-refractivity contribution in [3.05, 3.63) is 39.8 Å². The standard InChI is InChI=1S/C12H12N2O2/c1-7(2)8-3-10-11(16)9(6-15)5-14-12(10)13-4-8/h3-7H,1-2H3,(H,13,14,16). The van der Waals surface area contributed by atoms with Gasteiger partial charge in [0.05, 0.1) is 10.9 Å². The first-order valence-electron chi connectivity index (χ1n) is 5.10. The van der Waals surface area contributed by atoms with Crippen molar-refractivity contribution in [1.29, 1.82) is 0 Å². The lowest BCUT2D eigenvalue weighted by molar-refractivity contribution is 0.112. The Hall–Kier alpha value is -1.97. The fraction of sp³-hybridized carbons (Fsp3) is 0.250. The SMILES string of the molecule is CC(C)c1cnc2[nH]cc(C=O)c(=O)c2c1. The molecule has 0 aliphatic rings. The molecule has 0 radical (unpaired) electrons. The maximum atomic E-state index is 11.8. The van der Waals surface area contributed by atoms with E-state index >= 15 is 0 Å². The summed E-state index contributed by atoms with van der Waals surface area (Å²) in [5.74, 6) is 0.302. The number of H-pyrrole nitrogens is 1. The molecular weight excluding hydrogens is 204 g/mol. The normalized spacial score (nSPS) is 10.9. The van der Waals surface area contributed by atoms with Crippen LogP contribution in [0.2, 0.25) is 0 Å². The van der Waals surface area contributed by atoms with Gasteiger partial charge in [0.1, 0.15) is 5.65 Å². The van der Waals surface area contributed by atoms with Crippen LogP contribution in [-0.4, -0.2) is 16.3 Å². The lowest BCUT2D eigenvalue weighted by atomic mass is 10.0. The largest absolute Gasteiger partial charge is 0.345 e. The fourth-order valence-corrected chi connectivity index (χ4v) is 1.54. The average Bonchev–Trinajstić information content (AvgIpc) is 2.29. The summed E-state index contributed by atoms with van der Waals surface area (Å²) in [6.45, 7) is 4.06. The monoisotopic (exact) mass is 216 g/mol. The Morgan fingerprint density at radius 2 is 2.19 bits per heavy atom. The first-order chi connectivity index (χ1) is 7.63. The van der Waals surface area contributed by atoms with Gasteiger partial charge >= 0.3 is 0 Å². The number of pyridine rings is 2. The highest BCUT2D eigenvalue weighted by Gasteiger charge is 2.07. The summed E-state index contributed by atoms with van der Waals surface area (Å²) in [5, 5.41) is 0.468. The van der Waals surface area contributed by atoms with E-state index in [9.17, 15) is 9.59 Å². The van der Waals surface area contributed by atoms with Crippen LogP contribution in [0.1, 0.15) is 35.7 Å². The number of hydrogen-bond donors (Lipinski definition) is 1. The van der Waals surface area contributed by atoms with Crippen molar-refractivity contribution in [2.24, 2.45) is 0 Å². The molecule has 0 aliphatic heterocycles. The van der Waals surface area contributed by atoms with E-state index in [0.29, 0.717) is 23.2 Å². The highest BCUT2D eigenvalue weighted by molar-refractivity contribution is 5.83. The van der Waals surface area contributed by atoms with Crippen LogP contribution in [0, 0.1) is 0 Å². The number of nitrogens with zero attached hydrogens (tertiary/aromatic N) is 1. The Morgan fingerprint density at radius 3 is 2.81 bits per heavy atom. The first kappa shape index (κ1) is 10.5. The van der Waals surface area contributed by atoms with Gasteiger partial charge in [0.2, 0.25) is 5.43 Å². The molecule has 0 aliphatic carbocycles. The molecule has 0 saturated heterocycles. The van der Waals surface area contributed by atoms with Crippen LogP contribution < -0.4 is 5.43 Å². The summed E-state index contributed by atoms with van der Waals surface area (Å²) >= 11 is 0. The second-order valence-electron chi connectivity index (χ2n) is 4.01. The number of aldehydes is 1. The highest BCUT2D eigenvalue weighted by Crippen LogP contribution is 2.15. The molecule has 2 heterocycles. The highest BCUT2D eigenvalue weighted by atomic mass is 16.1. The maximum Gasteiger partial charge on any atom is 0.201 e. The van der Waals surface area contributed by atoms with Gasteiger partial charge in [0.25, 0.3) is 0 Å². The Morgan fingerprint density at radius 1 is 1.44 bits per heavy atom. The molecule has 0 bridgehead atoms. The Balaban J connectivity index is 2.79. The van der Waals surface area contributed by atoms with Crippen molar-refractivity contribution < 1.29 is 4.79 Å². The molecule has 0 amide bonds. The van der Waals surface area contributed by atoms with Crippen molar-refractivity contribution in [2.45, 2.75) is 19.8 Å². The zero-order valence-electron chi connectivity index (χ0n) is 9.15. The number of rotatable bonds is 2. The van der Waals surface area contributed by atoms with E-state index in [4.69, 9.17) is 0 Å². The van der Waals surface area contributed by atoms with Crippen molar-refractivity contribution in [2.75, 3.05) is 0 Å². The number of hydrogen-bond acceptors (Lipinski definition) is 3. The fourth-order valence-electron chi connectivity index (χ4n) is 1.54. The van der Waals surface area contributed by atoms with Crippen LogP contribution in [0.15, 0.2) is 23.3 Å². The van der Waals surface area contributed by atoms with E-state index in [1.165, 1.54) is 6.20 Å². The number of carbonyl (C=O) groups excluding carboxylic acids is 1. The second-order valence-corrected chi connectivity index (χ2v) is 4.01. The van der Waals surface area contributed by atoms with Crippen LogP contribution >= 0.6 is 0 Å². The first-order valence-corrected chi connectivity index (χ1v) is 5.10. The molecule has 16 heavy (non-hydrogen) atoms. The molecule has 82 valence electrons. The summed E-state index contributed by atoms with van der Waals surface area (Å²) < 4.78 is 0. The quantitative estimate of drug-likeness (QED) is 0.779. The number of nitrogens with one attached hydrogen (secondary N) is 1. The summed E-state index contributed by atoms with van der Waals surface area (Å²) in [5.41, 5.74) is 1.37. The molecule has 0 fully saturated rings. The lowest BCUT2D eigenvalue weighted by Crippen LogP contribution is -2.10. The van der Waals surface area contributed by atoms with Crippen LogP contribution in [0.3, 0.4) is 0 Å². The molecule has 0 unspecified atom stereocenters. The minimum atomic E-state index is -0.265. The molecule has 2 rings (SSSR count). The van der Waals surface area contributed by atoms with Gasteiger partial charge in [-0.25, -0.2) is 4.98 Å². The molecule has 0 spiro atoms. The lowest BCUT2D eigenvalue weighted by Gasteiger charge is -2.05. The van der Waals surface area contributed by atoms with Gasteiger partial charge in [-0.05, 0) is 17.5 Å². The van der Waals surface area contributed by atoms with Crippen molar-refractivity contribution in [3.8, 4) is 0 Å². The van der Waals surface area contributed by atoms with Crippen molar-refractivity contribution >= 4 is 17.3 Å². The van der Waals surface area contributed by atoms with E-state index in [-0.39, 0.29) is 11.0 Å². The third-order valence-electron chi connectivity index (χ3n) is 2.57. The van der Waals surface area contributed by atoms with Crippen LogP contribution in [0.5, 0.6) is 0 Å². The molecule has 0 saturated carbocycles. The predicted molar refractivity (Wildman–Crippen MR) is 61.8 cm³/mol. The molecule has 1 N–H and O–H groups in total. The second kappa shape index (κ2) is 3.89. The van der Waals surface area contributed by atoms with E-state index in [0.717, 1.165) is 5.56 Å². The number of carbonyl (C=O) groups is 1. The smallest absolute Gasteiger partial charge is 0.201 e. The van der Waals surface area contributed by atoms with Crippen molar-refractivity contribution in [3.63, 3.8) is 0 Å². The Kier molecular flexibility index (Phi) is 2.56. The Labute approximate surface area is 92.3 Å². The topological polar surface area (TPSA) is 62.8 Å². The maximum absolute atomic E-state index is 11.8. The molecule has 0 aromatic carbocycles. The molecule has 4 heteroatoms. The zero-order chi connectivity index (χ0) is 11.7. The van der Waals surface area contributed by atoms with Gasteiger partial charge in [-0.15, -0.1) is 0 Å². The summed E-state index contributed by atoms with van der Waals surface area (Å²) in [7, 11) is 0. The molecule has 0 atom stereocenters. The molecular formula is C12H12N2O2. The summed E-state index contributed by atoms with van der Waals surface area (Å²) in [6.07, 6.45) is 3.68. The molecule has 2 aromatic heterocycles. The minimum Gasteiger partial charge on any atom is -0.345 e. The average molecular weight is 216 g/mol. The predicted octanol–water partition coefficient (Wildman–Crippen LogP) is 1.86. The van der Waals surface area contributed by atoms with Gasteiger partial charge in [-0.3, -0.25) is 9.59 Å². The number of aromatic amines is 1. The number of aromatic nitrogens is 2. The summed E-state index contributed by atoms with van der Waals surface area (Å²) in [6, 6.07) is 1.79. The molecule has 4 nitrogen and oxygen atoms in total. The van der Waals surface area contributed by atoms with Crippen molar-refractivity contribution in [1.82, 2.24) is 9.97 Å². The van der Waals surface area contributed by atoms with Crippen LogP contribution in [-0.2, 0) is 0 Å². The van der Waals surface area contributed by atoms with Crippen LogP contribution in [0.25, 0.3) is 11.0 Å². The van der Waals surface area contributed by atoms with Gasteiger partial charge in [-0.1, -0.05) is 13.8 Å².